The summed E-state index contributed by atoms with van der Waals surface area (Å²) in [6.45, 7) is 4.31. The van der Waals surface area contributed by atoms with E-state index in [1.54, 1.807) is 10.1 Å². The lowest BCUT2D eigenvalue weighted by Crippen LogP contribution is -2.12. The second-order valence-electron chi connectivity index (χ2n) is 3.85. The maximum atomic E-state index is 12.3. The van der Waals surface area contributed by atoms with E-state index in [9.17, 15) is 4.79 Å². The van der Waals surface area contributed by atoms with E-state index >= 15 is 0 Å². The molecule has 0 saturated carbocycles. The largest absolute Gasteiger partial charge is 0.322 e. The van der Waals surface area contributed by atoms with E-state index in [4.69, 9.17) is 17.3 Å². The van der Waals surface area contributed by atoms with Crippen molar-refractivity contribution in [3.63, 3.8) is 0 Å². The van der Waals surface area contributed by atoms with Crippen molar-refractivity contribution in [2.45, 2.75) is 26.4 Å². The zero-order valence-electron chi connectivity index (χ0n) is 10.1. The molecule has 5 nitrogen and oxygen atoms in total. The number of nitrogens with two attached hydrogens (primary N) is 1. The number of ketones is 1. The van der Waals surface area contributed by atoms with Gasteiger partial charge in [-0.2, -0.15) is 5.10 Å². The zero-order chi connectivity index (χ0) is 13.3. The fourth-order valence-corrected chi connectivity index (χ4v) is 2.54. The predicted molar refractivity (Wildman–Crippen MR) is 71.1 cm³/mol. The maximum absolute atomic E-state index is 12.3. The molecule has 0 aliphatic carbocycles. The number of carbonyl (C=O) groups is 1. The van der Waals surface area contributed by atoms with Crippen LogP contribution >= 0.6 is 22.9 Å². The van der Waals surface area contributed by atoms with Crippen molar-refractivity contribution in [2.75, 3.05) is 0 Å². The van der Waals surface area contributed by atoms with Crippen LogP contribution in [0.15, 0.2) is 11.6 Å². The van der Waals surface area contributed by atoms with Gasteiger partial charge in [-0.15, -0.1) is 11.3 Å². The predicted octanol–water partition coefficient (Wildman–Crippen LogP) is 2.26. The van der Waals surface area contributed by atoms with Crippen molar-refractivity contribution in [1.82, 2.24) is 14.8 Å². The number of rotatable bonds is 4. The van der Waals surface area contributed by atoms with Crippen molar-refractivity contribution in [2.24, 2.45) is 5.73 Å². The molecule has 0 fully saturated rings. The lowest BCUT2D eigenvalue weighted by atomic mass is 10.2. The summed E-state index contributed by atoms with van der Waals surface area (Å²) in [4.78, 5) is 16.5. The van der Waals surface area contributed by atoms with Crippen LogP contribution in [0.3, 0.4) is 0 Å². The highest BCUT2D eigenvalue weighted by atomic mass is 35.5. The van der Waals surface area contributed by atoms with Gasteiger partial charge in [0.1, 0.15) is 16.4 Å². The van der Waals surface area contributed by atoms with E-state index in [0.29, 0.717) is 23.0 Å². The Balaban J connectivity index is 2.38. The molecule has 18 heavy (non-hydrogen) atoms. The lowest BCUT2D eigenvalue weighted by molar-refractivity contribution is 0.102. The van der Waals surface area contributed by atoms with Crippen LogP contribution in [0.25, 0.3) is 0 Å². The molecule has 0 aromatic carbocycles. The van der Waals surface area contributed by atoms with E-state index in [0.717, 1.165) is 5.01 Å². The van der Waals surface area contributed by atoms with E-state index in [-0.39, 0.29) is 11.8 Å². The number of hydrogen-bond donors (Lipinski definition) is 1. The summed E-state index contributed by atoms with van der Waals surface area (Å²) < 4.78 is 1.57. The molecular formula is C11H13ClN4OS. The summed E-state index contributed by atoms with van der Waals surface area (Å²) in [6.07, 6.45) is 1.47. The number of thiazole rings is 1. The number of aryl methyl sites for hydroxylation is 1. The van der Waals surface area contributed by atoms with Crippen molar-refractivity contribution >= 4 is 28.7 Å². The van der Waals surface area contributed by atoms with Crippen LogP contribution in [0.1, 0.15) is 41.1 Å². The number of hydrogen-bond acceptors (Lipinski definition) is 5. The molecule has 0 spiro atoms. The molecule has 0 bridgehead atoms. The second-order valence-corrected chi connectivity index (χ2v) is 5.14. The maximum Gasteiger partial charge on any atom is 0.231 e. The van der Waals surface area contributed by atoms with Gasteiger partial charge in [0.05, 0.1) is 17.3 Å². The Hall–Kier alpha value is -1.24. The van der Waals surface area contributed by atoms with E-state index in [1.807, 2.05) is 13.8 Å². The third kappa shape index (κ3) is 2.31. The third-order valence-corrected chi connectivity index (χ3v) is 3.78. The molecule has 2 heterocycles. The van der Waals surface area contributed by atoms with Gasteiger partial charge in [-0.05, 0) is 13.8 Å². The van der Waals surface area contributed by atoms with Crippen molar-refractivity contribution in [3.05, 3.63) is 33.0 Å². The first-order chi connectivity index (χ1) is 8.54. The minimum atomic E-state index is -0.220. The Kier molecular flexibility index (Phi) is 3.79. The van der Waals surface area contributed by atoms with Crippen molar-refractivity contribution < 1.29 is 4.79 Å². The van der Waals surface area contributed by atoms with Crippen molar-refractivity contribution in [1.29, 1.82) is 0 Å². The molecule has 2 aromatic heterocycles. The van der Waals surface area contributed by atoms with Gasteiger partial charge >= 0.3 is 0 Å². The summed E-state index contributed by atoms with van der Waals surface area (Å²) in [7, 11) is 0. The first-order valence-electron chi connectivity index (χ1n) is 5.51. The Labute approximate surface area is 114 Å². The average molecular weight is 285 g/mol. The molecule has 2 aromatic rings. The Bertz CT molecular complexity index is 575. The zero-order valence-corrected chi connectivity index (χ0v) is 11.6. The molecule has 0 aliphatic rings. The first-order valence-corrected chi connectivity index (χ1v) is 6.77. The molecule has 0 aliphatic heterocycles. The molecule has 7 heteroatoms. The van der Waals surface area contributed by atoms with Crippen LogP contribution in [-0.4, -0.2) is 20.5 Å². The van der Waals surface area contributed by atoms with Gasteiger partial charge in [-0.1, -0.05) is 11.6 Å². The lowest BCUT2D eigenvalue weighted by Gasteiger charge is -2.02. The van der Waals surface area contributed by atoms with Crippen LogP contribution < -0.4 is 5.73 Å². The topological polar surface area (TPSA) is 73.8 Å². The fourth-order valence-electron chi connectivity index (χ4n) is 1.55. The van der Waals surface area contributed by atoms with Gasteiger partial charge in [0.15, 0.2) is 0 Å². The molecular weight excluding hydrogens is 272 g/mol. The Morgan fingerprint density at radius 2 is 2.39 bits per heavy atom. The molecule has 1 atom stereocenters. The minimum absolute atomic E-state index is 0.178. The smallest absolute Gasteiger partial charge is 0.231 e. The quantitative estimate of drug-likeness (QED) is 0.874. The van der Waals surface area contributed by atoms with Gasteiger partial charge in [0.2, 0.25) is 5.78 Å². The minimum Gasteiger partial charge on any atom is -0.322 e. The second kappa shape index (κ2) is 5.17. The normalized spacial score (nSPS) is 12.7. The van der Waals surface area contributed by atoms with Crippen LogP contribution in [0.5, 0.6) is 0 Å². The molecule has 0 radical (unpaired) electrons. The SMILES string of the molecule is CCn1ncc(Cl)c1C(=O)c1csc(C(C)N)n1. The Morgan fingerprint density at radius 3 is 2.94 bits per heavy atom. The van der Waals surface area contributed by atoms with Gasteiger partial charge in [-0.3, -0.25) is 9.48 Å². The molecule has 0 saturated heterocycles. The fraction of sp³-hybridized carbons (Fsp3) is 0.364. The standard InChI is InChI=1S/C11H13ClN4OS/c1-3-16-9(7(12)4-14-16)10(17)8-5-18-11(15-8)6(2)13/h4-6H,3,13H2,1-2H3. The highest BCUT2D eigenvalue weighted by molar-refractivity contribution is 7.09. The molecule has 1 unspecified atom stereocenters. The molecule has 0 amide bonds. The average Bonchev–Trinajstić information content (AvgIpc) is 2.94. The monoisotopic (exact) mass is 284 g/mol. The number of carbonyl (C=O) groups excluding carboxylic acids is 1. The van der Waals surface area contributed by atoms with Gasteiger partial charge in [-0.25, -0.2) is 4.98 Å². The van der Waals surface area contributed by atoms with Gasteiger partial charge in [0, 0.05) is 11.9 Å². The summed E-state index contributed by atoms with van der Waals surface area (Å²) in [5.74, 6) is -0.220. The van der Waals surface area contributed by atoms with E-state index in [1.165, 1.54) is 17.5 Å². The van der Waals surface area contributed by atoms with E-state index < -0.39 is 0 Å². The summed E-state index contributed by atoms with van der Waals surface area (Å²) in [6, 6.07) is -0.178. The molecule has 2 rings (SSSR count). The van der Waals surface area contributed by atoms with Crippen LogP contribution in [0.2, 0.25) is 5.02 Å². The van der Waals surface area contributed by atoms with E-state index in [2.05, 4.69) is 10.1 Å². The first kappa shape index (κ1) is 13.2. The number of aromatic nitrogens is 3. The van der Waals surface area contributed by atoms with Crippen LogP contribution in [0.4, 0.5) is 0 Å². The van der Waals surface area contributed by atoms with Crippen LogP contribution in [0, 0.1) is 0 Å². The van der Waals surface area contributed by atoms with Gasteiger partial charge < -0.3 is 5.73 Å². The third-order valence-electron chi connectivity index (χ3n) is 2.45. The summed E-state index contributed by atoms with van der Waals surface area (Å²) in [5, 5.41) is 6.81. The number of nitrogens with zero attached hydrogens (tertiary/aromatic N) is 3. The molecule has 96 valence electrons. The highest BCUT2D eigenvalue weighted by Gasteiger charge is 2.21. The molecule has 2 N–H and O–H groups in total. The Morgan fingerprint density at radius 1 is 1.67 bits per heavy atom. The highest BCUT2D eigenvalue weighted by Crippen LogP contribution is 2.22. The number of halogens is 1. The van der Waals surface area contributed by atoms with Crippen LogP contribution in [-0.2, 0) is 6.54 Å². The summed E-state index contributed by atoms with van der Waals surface area (Å²) in [5.41, 5.74) is 6.47. The van der Waals surface area contributed by atoms with Gasteiger partial charge in [0.25, 0.3) is 0 Å². The summed E-state index contributed by atoms with van der Waals surface area (Å²) >= 11 is 7.36. The van der Waals surface area contributed by atoms with Crippen molar-refractivity contribution in [3.8, 4) is 0 Å².